The SMILES string of the molecule is CCCC(C)(N)C(=O)N1CCN(C)CC1.Cl. The van der Waals surface area contributed by atoms with Gasteiger partial charge in [-0.25, -0.2) is 0 Å². The van der Waals surface area contributed by atoms with Gasteiger partial charge in [-0.1, -0.05) is 13.3 Å². The van der Waals surface area contributed by atoms with Crippen molar-refractivity contribution in [1.29, 1.82) is 0 Å². The van der Waals surface area contributed by atoms with E-state index in [9.17, 15) is 4.79 Å². The number of amides is 1. The molecule has 0 aromatic heterocycles. The summed E-state index contributed by atoms with van der Waals surface area (Å²) in [6.07, 6.45) is 1.71. The largest absolute Gasteiger partial charge is 0.339 e. The van der Waals surface area contributed by atoms with Crippen molar-refractivity contribution in [3.05, 3.63) is 0 Å². The van der Waals surface area contributed by atoms with E-state index in [2.05, 4.69) is 18.9 Å². The first-order valence-corrected chi connectivity index (χ1v) is 5.74. The molecule has 0 aromatic carbocycles. The number of hydrogen-bond donors (Lipinski definition) is 1. The Labute approximate surface area is 105 Å². The number of likely N-dealkylation sites (N-methyl/N-ethyl adjacent to an activating group) is 1. The Morgan fingerprint density at radius 1 is 1.31 bits per heavy atom. The van der Waals surface area contributed by atoms with Gasteiger partial charge >= 0.3 is 0 Å². The van der Waals surface area contributed by atoms with Crippen LogP contribution in [0.5, 0.6) is 0 Å². The Morgan fingerprint density at radius 2 is 1.81 bits per heavy atom. The van der Waals surface area contributed by atoms with E-state index in [4.69, 9.17) is 5.73 Å². The molecule has 5 heteroatoms. The van der Waals surface area contributed by atoms with Crippen LogP contribution in [0.15, 0.2) is 0 Å². The van der Waals surface area contributed by atoms with Gasteiger partial charge in [-0.2, -0.15) is 0 Å². The maximum Gasteiger partial charge on any atom is 0.242 e. The van der Waals surface area contributed by atoms with Crippen molar-refractivity contribution in [2.75, 3.05) is 33.2 Å². The lowest BCUT2D eigenvalue weighted by molar-refractivity contribution is -0.138. The molecule has 2 N–H and O–H groups in total. The fourth-order valence-electron chi connectivity index (χ4n) is 2.00. The number of carbonyl (C=O) groups is 1. The van der Waals surface area contributed by atoms with Gasteiger partial charge in [-0.05, 0) is 20.4 Å². The summed E-state index contributed by atoms with van der Waals surface area (Å²) in [6, 6.07) is 0. The third-order valence-electron chi connectivity index (χ3n) is 3.05. The Hall–Kier alpha value is -0.320. The first-order valence-electron chi connectivity index (χ1n) is 5.74. The van der Waals surface area contributed by atoms with Crippen LogP contribution < -0.4 is 5.73 Å². The molecule has 1 aliphatic heterocycles. The van der Waals surface area contributed by atoms with Crippen molar-refractivity contribution < 1.29 is 4.79 Å². The fourth-order valence-corrected chi connectivity index (χ4v) is 2.00. The minimum atomic E-state index is -0.676. The highest BCUT2D eigenvalue weighted by Crippen LogP contribution is 2.14. The van der Waals surface area contributed by atoms with Crippen LogP contribution in [0.2, 0.25) is 0 Å². The molecule has 0 spiro atoms. The molecule has 1 atom stereocenters. The first kappa shape index (κ1) is 15.7. The van der Waals surface area contributed by atoms with Crippen molar-refractivity contribution in [2.24, 2.45) is 5.73 Å². The van der Waals surface area contributed by atoms with Gasteiger partial charge in [0.15, 0.2) is 0 Å². The number of hydrogen-bond acceptors (Lipinski definition) is 3. The molecule has 1 amide bonds. The lowest BCUT2D eigenvalue weighted by Crippen LogP contribution is -2.57. The molecule has 0 aromatic rings. The Balaban J connectivity index is 0.00000225. The summed E-state index contributed by atoms with van der Waals surface area (Å²) in [4.78, 5) is 16.2. The second-order valence-corrected chi connectivity index (χ2v) is 4.76. The van der Waals surface area contributed by atoms with Crippen LogP contribution in [-0.4, -0.2) is 54.5 Å². The normalized spacial score (nSPS) is 21.1. The summed E-state index contributed by atoms with van der Waals surface area (Å²) in [7, 11) is 2.08. The lowest BCUT2D eigenvalue weighted by atomic mass is 9.95. The number of nitrogens with zero attached hydrogens (tertiary/aromatic N) is 2. The number of piperazine rings is 1. The number of nitrogens with two attached hydrogens (primary N) is 1. The van der Waals surface area contributed by atoms with Gasteiger partial charge in [0.2, 0.25) is 5.91 Å². The van der Waals surface area contributed by atoms with Gasteiger partial charge in [-0.15, -0.1) is 12.4 Å². The first-order chi connectivity index (χ1) is 6.97. The Kier molecular flexibility index (Phi) is 6.30. The molecule has 4 nitrogen and oxygen atoms in total. The summed E-state index contributed by atoms with van der Waals surface area (Å²) in [6.45, 7) is 7.43. The average Bonchev–Trinajstić information content (AvgIpc) is 2.18. The highest BCUT2D eigenvalue weighted by atomic mass is 35.5. The maximum absolute atomic E-state index is 12.1. The number of carbonyl (C=O) groups excluding carboxylic acids is 1. The van der Waals surface area contributed by atoms with E-state index in [0.717, 1.165) is 39.0 Å². The van der Waals surface area contributed by atoms with Crippen LogP contribution in [0, 0.1) is 0 Å². The molecule has 1 aliphatic rings. The van der Waals surface area contributed by atoms with Crippen LogP contribution in [0.3, 0.4) is 0 Å². The molecule has 96 valence electrons. The predicted octanol–water partition coefficient (Wildman–Crippen LogP) is 0.700. The zero-order valence-corrected chi connectivity index (χ0v) is 11.3. The van der Waals surface area contributed by atoms with Gasteiger partial charge in [-0.3, -0.25) is 4.79 Å². The van der Waals surface area contributed by atoms with E-state index in [1.807, 2.05) is 11.8 Å². The van der Waals surface area contributed by atoms with E-state index in [0.29, 0.717) is 0 Å². The van der Waals surface area contributed by atoms with E-state index in [-0.39, 0.29) is 18.3 Å². The lowest BCUT2D eigenvalue weighted by Gasteiger charge is -2.37. The summed E-state index contributed by atoms with van der Waals surface area (Å²) < 4.78 is 0. The molecule has 0 saturated carbocycles. The summed E-state index contributed by atoms with van der Waals surface area (Å²) >= 11 is 0. The minimum absolute atomic E-state index is 0. The molecule has 1 saturated heterocycles. The zero-order valence-electron chi connectivity index (χ0n) is 10.5. The second-order valence-electron chi connectivity index (χ2n) is 4.76. The van der Waals surface area contributed by atoms with E-state index in [1.54, 1.807) is 0 Å². The number of halogens is 1. The van der Waals surface area contributed by atoms with Gasteiger partial charge in [0.05, 0.1) is 5.54 Å². The van der Waals surface area contributed by atoms with Gasteiger partial charge in [0, 0.05) is 26.2 Å². The van der Waals surface area contributed by atoms with Crippen molar-refractivity contribution in [2.45, 2.75) is 32.2 Å². The standard InChI is InChI=1S/C11H23N3O.ClH/c1-4-5-11(2,12)10(15)14-8-6-13(3)7-9-14;/h4-9,12H2,1-3H3;1H. The summed E-state index contributed by atoms with van der Waals surface area (Å²) in [5, 5.41) is 0. The van der Waals surface area contributed by atoms with E-state index in [1.165, 1.54) is 0 Å². The van der Waals surface area contributed by atoms with Crippen molar-refractivity contribution in [1.82, 2.24) is 9.80 Å². The Bertz CT molecular complexity index is 225. The fraction of sp³-hybridized carbons (Fsp3) is 0.909. The molecule has 0 bridgehead atoms. The molecular weight excluding hydrogens is 226 g/mol. The van der Waals surface area contributed by atoms with Crippen LogP contribution in [0.25, 0.3) is 0 Å². The topological polar surface area (TPSA) is 49.6 Å². The second kappa shape index (κ2) is 6.42. The van der Waals surface area contributed by atoms with Crippen LogP contribution in [0.4, 0.5) is 0 Å². The minimum Gasteiger partial charge on any atom is -0.339 e. The predicted molar refractivity (Wildman–Crippen MR) is 68.8 cm³/mol. The number of rotatable bonds is 3. The summed E-state index contributed by atoms with van der Waals surface area (Å²) in [5.74, 6) is 0.109. The van der Waals surface area contributed by atoms with Crippen molar-refractivity contribution in [3.63, 3.8) is 0 Å². The zero-order chi connectivity index (χ0) is 11.5. The molecule has 1 unspecified atom stereocenters. The summed E-state index contributed by atoms with van der Waals surface area (Å²) in [5.41, 5.74) is 5.36. The highest BCUT2D eigenvalue weighted by Gasteiger charge is 2.32. The smallest absolute Gasteiger partial charge is 0.242 e. The van der Waals surface area contributed by atoms with Gasteiger partial charge in [0.25, 0.3) is 0 Å². The average molecular weight is 250 g/mol. The molecule has 1 rings (SSSR count). The van der Waals surface area contributed by atoms with Crippen molar-refractivity contribution in [3.8, 4) is 0 Å². The van der Waals surface area contributed by atoms with Crippen LogP contribution in [-0.2, 0) is 4.79 Å². The molecule has 16 heavy (non-hydrogen) atoms. The van der Waals surface area contributed by atoms with E-state index >= 15 is 0 Å². The van der Waals surface area contributed by atoms with Gasteiger partial charge in [0.1, 0.15) is 0 Å². The van der Waals surface area contributed by atoms with Crippen LogP contribution in [0.1, 0.15) is 26.7 Å². The molecular formula is C11H24ClN3O. The third-order valence-corrected chi connectivity index (χ3v) is 3.05. The molecule has 1 heterocycles. The third kappa shape index (κ3) is 3.92. The highest BCUT2D eigenvalue weighted by molar-refractivity contribution is 5.86. The Morgan fingerprint density at radius 3 is 2.25 bits per heavy atom. The maximum atomic E-state index is 12.1. The molecule has 0 aliphatic carbocycles. The molecule has 1 fully saturated rings. The molecule has 0 radical (unpaired) electrons. The van der Waals surface area contributed by atoms with E-state index < -0.39 is 5.54 Å². The monoisotopic (exact) mass is 249 g/mol. The van der Waals surface area contributed by atoms with Crippen LogP contribution >= 0.6 is 12.4 Å². The quantitative estimate of drug-likeness (QED) is 0.801. The van der Waals surface area contributed by atoms with Crippen molar-refractivity contribution >= 4 is 18.3 Å². The van der Waals surface area contributed by atoms with Gasteiger partial charge < -0.3 is 15.5 Å².